The topological polar surface area (TPSA) is 114 Å². The largest absolute Gasteiger partial charge is 0.493 e. The summed E-state index contributed by atoms with van der Waals surface area (Å²) in [6.45, 7) is 3.30. The van der Waals surface area contributed by atoms with Crippen LogP contribution in [0, 0.1) is 5.41 Å². The Morgan fingerprint density at radius 2 is 1.88 bits per heavy atom. The fraction of sp³-hybridized carbons (Fsp3) is 0.621. The third-order valence-corrected chi connectivity index (χ3v) is 10.0. The van der Waals surface area contributed by atoms with Gasteiger partial charge in [-0.3, -0.25) is 14.3 Å². The van der Waals surface area contributed by atoms with E-state index in [-0.39, 0.29) is 23.3 Å². The molecule has 218 valence electrons. The second kappa shape index (κ2) is 12.3. The Kier molecular flexibility index (Phi) is 8.80. The number of ether oxygens (including phenoxy) is 1. The number of rotatable bonds is 3. The highest BCUT2D eigenvalue weighted by molar-refractivity contribution is 7.88. The standard InChI is InChI=1S/C29H41N5O5S/c1-40(37,38)33-15-11-25(21-33)34-20-24(19-31-34)28(36)32-16-13-29(14-17-32)12-5-4-8-23-7-2-3-9-26(23)39-18-6-10-27(35)30-22-29/h2-3,7,9,19-20,25H,4-6,8,10-18,21-22H2,1H3,(H,30,35). The number of carbonyl (C=O) groups is 2. The molecule has 2 saturated heterocycles. The van der Waals surface area contributed by atoms with Gasteiger partial charge in [0.05, 0.1) is 30.7 Å². The SMILES string of the molecule is CS(=O)(=O)N1CCC(n2cc(C(=O)N3CCC4(CCCCc5ccccc5OCCCC(=O)NC4)CC3)cn2)C1. The van der Waals surface area contributed by atoms with Crippen LogP contribution in [0.5, 0.6) is 5.75 Å². The van der Waals surface area contributed by atoms with E-state index >= 15 is 0 Å². The maximum Gasteiger partial charge on any atom is 0.257 e. The molecule has 1 atom stereocenters. The van der Waals surface area contributed by atoms with E-state index in [0.29, 0.717) is 64.2 Å². The van der Waals surface area contributed by atoms with Crippen molar-refractivity contribution in [3.63, 3.8) is 0 Å². The summed E-state index contributed by atoms with van der Waals surface area (Å²) < 4.78 is 32.9. The van der Waals surface area contributed by atoms with Crippen molar-refractivity contribution >= 4 is 21.8 Å². The van der Waals surface area contributed by atoms with Crippen molar-refractivity contribution in [2.24, 2.45) is 5.41 Å². The first-order chi connectivity index (χ1) is 19.2. The van der Waals surface area contributed by atoms with Gasteiger partial charge < -0.3 is 15.0 Å². The molecule has 1 unspecified atom stereocenters. The first-order valence-electron chi connectivity index (χ1n) is 14.5. The maximum atomic E-state index is 13.4. The van der Waals surface area contributed by atoms with E-state index in [1.807, 2.05) is 17.0 Å². The first kappa shape index (κ1) is 28.6. The predicted octanol–water partition coefficient (Wildman–Crippen LogP) is 3.01. The zero-order valence-corrected chi connectivity index (χ0v) is 24.2. The second-order valence-corrected chi connectivity index (χ2v) is 13.6. The Morgan fingerprint density at radius 3 is 2.65 bits per heavy atom. The summed E-state index contributed by atoms with van der Waals surface area (Å²) in [5.74, 6) is 0.937. The molecule has 0 radical (unpaired) electrons. The lowest BCUT2D eigenvalue weighted by molar-refractivity contribution is -0.122. The van der Waals surface area contributed by atoms with Crippen LogP contribution in [0.25, 0.3) is 0 Å². The predicted molar refractivity (Wildman–Crippen MR) is 152 cm³/mol. The molecule has 2 aromatic rings. The van der Waals surface area contributed by atoms with Crippen molar-refractivity contribution in [3.8, 4) is 5.75 Å². The number of carbonyl (C=O) groups excluding carboxylic acids is 2. The molecule has 3 aliphatic heterocycles. The quantitative estimate of drug-likeness (QED) is 0.606. The number of aromatic nitrogens is 2. The van der Waals surface area contributed by atoms with E-state index in [1.165, 1.54) is 16.1 Å². The molecule has 4 heterocycles. The number of aryl methyl sites for hydroxylation is 1. The molecule has 0 aliphatic carbocycles. The number of nitrogens with zero attached hydrogens (tertiary/aromatic N) is 4. The molecular weight excluding hydrogens is 530 g/mol. The highest BCUT2D eigenvalue weighted by Crippen LogP contribution is 2.37. The summed E-state index contributed by atoms with van der Waals surface area (Å²) in [6, 6.07) is 8.12. The number of piperidine rings is 1. The molecule has 11 heteroatoms. The number of benzene rings is 1. The van der Waals surface area contributed by atoms with Crippen molar-refractivity contribution < 1.29 is 22.7 Å². The van der Waals surface area contributed by atoms with E-state index < -0.39 is 10.0 Å². The number of fused-ring (bicyclic) bond motifs is 1. The fourth-order valence-electron chi connectivity index (χ4n) is 6.21. The smallest absolute Gasteiger partial charge is 0.257 e. The molecule has 10 nitrogen and oxygen atoms in total. The molecule has 1 spiro atoms. The van der Waals surface area contributed by atoms with Gasteiger partial charge in [0.1, 0.15) is 5.75 Å². The van der Waals surface area contributed by atoms with Crippen molar-refractivity contribution in [2.75, 3.05) is 45.6 Å². The minimum atomic E-state index is -3.23. The van der Waals surface area contributed by atoms with Crippen LogP contribution in [0.2, 0.25) is 0 Å². The highest BCUT2D eigenvalue weighted by atomic mass is 32.2. The van der Waals surface area contributed by atoms with E-state index in [2.05, 4.69) is 22.5 Å². The van der Waals surface area contributed by atoms with E-state index in [0.717, 1.165) is 44.3 Å². The summed E-state index contributed by atoms with van der Waals surface area (Å²) >= 11 is 0. The van der Waals surface area contributed by atoms with Crippen LogP contribution >= 0.6 is 0 Å². The average molecular weight is 572 g/mol. The number of likely N-dealkylation sites (tertiary alicyclic amines) is 1. The summed E-state index contributed by atoms with van der Waals surface area (Å²) in [5.41, 5.74) is 1.74. The third-order valence-electron chi connectivity index (χ3n) is 8.77. The van der Waals surface area contributed by atoms with Crippen molar-refractivity contribution in [2.45, 2.75) is 63.8 Å². The van der Waals surface area contributed by atoms with Gasteiger partial charge in [-0.2, -0.15) is 9.40 Å². The number of hydrogen-bond donors (Lipinski definition) is 1. The minimum Gasteiger partial charge on any atom is -0.493 e. The number of nitrogens with one attached hydrogen (secondary N) is 1. The molecule has 1 N–H and O–H groups in total. The second-order valence-electron chi connectivity index (χ2n) is 11.6. The Labute approximate surface area is 237 Å². The Balaban J connectivity index is 1.19. The van der Waals surface area contributed by atoms with Crippen molar-refractivity contribution in [3.05, 3.63) is 47.8 Å². The molecule has 40 heavy (non-hydrogen) atoms. The summed E-state index contributed by atoms with van der Waals surface area (Å²) in [4.78, 5) is 27.8. The molecule has 3 aliphatic rings. The summed E-state index contributed by atoms with van der Waals surface area (Å²) in [6.07, 6.45) is 12.1. The zero-order chi connectivity index (χ0) is 28.2. The van der Waals surface area contributed by atoms with E-state index in [9.17, 15) is 18.0 Å². The van der Waals surface area contributed by atoms with Crippen LogP contribution in [0.3, 0.4) is 0 Å². The van der Waals surface area contributed by atoms with E-state index in [4.69, 9.17) is 4.74 Å². The third kappa shape index (κ3) is 6.86. The fourth-order valence-corrected chi connectivity index (χ4v) is 7.09. The monoisotopic (exact) mass is 571 g/mol. The Morgan fingerprint density at radius 1 is 1.07 bits per heavy atom. The first-order valence-corrected chi connectivity index (χ1v) is 16.3. The number of sulfonamides is 1. The molecule has 0 saturated carbocycles. The molecule has 1 aromatic carbocycles. The maximum absolute atomic E-state index is 13.4. The van der Waals surface area contributed by atoms with Gasteiger partial charge >= 0.3 is 0 Å². The van der Waals surface area contributed by atoms with Crippen LogP contribution in [0.15, 0.2) is 36.7 Å². The van der Waals surface area contributed by atoms with Crippen molar-refractivity contribution in [1.82, 2.24) is 24.3 Å². The van der Waals surface area contributed by atoms with Crippen molar-refractivity contribution in [1.29, 1.82) is 0 Å². The molecular formula is C29H41N5O5S. The van der Waals surface area contributed by atoms with Crippen LogP contribution in [0.4, 0.5) is 0 Å². The minimum absolute atomic E-state index is 0.0181. The van der Waals surface area contributed by atoms with Gasteiger partial charge in [-0.05, 0) is 62.0 Å². The van der Waals surface area contributed by atoms with Crippen LogP contribution in [-0.2, 0) is 21.2 Å². The molecule has 0 bridgehead atoms. The van der Waals surface area contributed by atoms with Crippen LogP contribution < -0.4 is 10.1 Å². The lowest BCUT2D eigenvalue weighted by atomic mass is 9.74. The lowest BCUT2D eigenvalue weighted by Gasteiger charge is -2.42. The number of amides is 2. The van der Waals surface area contributed by atoms with Crippen LogP contribution in [0.1, 0.15) is 73.3 Å². The van der Waals surface area contributed by atoms with Gasteiger partial charge in [0, 0.05) is 45.3 Å². The van der Waals surface area contributed by atoms with Gasteiger partial charge in [-0.25, -0.2) is 8.42 Å². The zero-order valence-electron chi connectivity index (χ0n) is 23.4. The number of hydrogen-bond acceptors (Lipinski definition) is 6. The van der Waals surface area contributed by atoms with Crippen LogP contribution in [-0.4, -0.2) is 84.8 Å². The van der Waals surface area contributed by atoms with E-state index in [1.54, 1.807) is 17.1 Å². The Hall–Kier alpha value is -2.92. The molecule has 5 rings (SSSR count). The summed E-state index contributed by atoms with van der Waals surface area (Å²) in [7, 11) is -3.23. The average Bonchev–Trinajstić information content (AvgIpc) is 3.63. The Bertz CT molecular complexity index is 1300. The van der Waals surface area contributed by atoms with Gasteiger partial charge in [-0.1, -0.05) is 24.6 Å². The van der Waals surface area contributed by atoms with Gasteiger partial charge in [0.25, 0.3) is 5.91 Å². The molecule has 1 aromatic heterocycles. The molecule has 2 amide bonds. The highest BCUT2D eigenvalue weighted by Gasteiger charge is 2.37. The van der Waals surface area contributed by atoms with Gasteiger partial charge in [-0.15, -0.1) is 0 Å². The summed E-state index contributed by atoms with van der Waals surface area (Å²) in [5, 5.41) is 7.59. The molecule has 2 fully saturated rings. The number of para-hydroxylation sites is 1. The van der Waals surface area contributed by atoms with Gasteiger partial charge in [0.2, 0.25) is 15.9 Å². The normalized spacial score (nSPS) is 23.2. The van der Waals surface area contributed by atoms with Gasteiger partial charge in [0.15, 0.2) is 0 Å². The lowest BCUT2D eigenvalue weighted by Crippen LogP contribution is -2.48.